The molecule has 13 heavy (non-hydrogen) atoms. The summed E-state index contributed by atoms with van der Waals surface area (Å²) in [6.07, 6.45) is 0. The van der Waals surface area contributed by atoms with E-state index in [-0.39, 0.29) is 11.4 Å². The molecule has 0 unspecified atom stereocenters. The third-order valence-electron chi connectivity index (χ3n) is 1.86. The molecule has 0 radical (unpaired) electrons. The molecule has 0 aliphatic rings. The second-order valence-electron chi connectivity index (χ2n) is 2.67. The van der Waals surface area contributed by atoms with Gasteiger partial charge in [-0.25, -0.2) is 3.59 Å². The molecule has 0 atom stereocenters. The van der Waals surface area contributed by atoms with Crippen molar-refractivity contribution in [1.82, 2.24) is 3.59 Å². The molecule has 1 aromatic heterocycles. The molecule has 0 spiro atoms. The summed E-state index contributed by atoms with van der Waals surface area (Å²) in [5.41, 5.74) is -0.281. The van der Waals surface area contributed by atoms with E-state index in [0.717, 1.165) is 8.98 Å². The zero-order valence-corrected chi connectivity index (χ0v) is 8.15. The quantitative estimate of drug-likeness (QED) is 0.763. The van der Waals surface area contributed by atoms with Crippen molar-refractivity contribution >= 4 is 26.9 Å². The van der Waals surface area contributed by atoms with Crippen molar-refractivity contribution in [3.63, 3.8) is 0 Å². The smallest absolute Gasteiger partial charge is 0.264 e. The van der Waals surface area contributed by atoms with Crippen LogP contribution >= 0.6 is 16.1 Å². The molecular weight excluding hydrogens is 234 g/mol. The fraction of sp³-hybridized carbons (Fsp3) is 0. The maximum atomic E-state index is 11.2. The highest BCUT2D eigenvalue weighted by molar-refractivity contribution is 9.08. The Bertz CT molecular complexity index is 518. The van der Waals surface area contributed by atoms with Gasteiger partial charge in [0.15, 0.2) is 0 Å². The van der Waals surface area contributed by atoms with Crippen LogP contribution in [-0.4, -0.2) is 8.70 Å². The molecule has 2 aromatic rings. The Morgan fingerprint density at radius 3 is 2.77 bits per heavy atom. The van der Waals surface area contributed by atoms with Crippen molar-refractivity contribution < 1.29 is 5.11 Å². The Morgan fingerprint density at radius 2 is 2.00 bits per heavy atom. The molecule has 1 aromatic carbocycles. The molecule has 0 saturated carbocycles. The van der Waals surface area contributed by atoms with Gasteiger partial charge >= 0.3 is 0 Å². The molecule has 66 valence electrons. The second kappa shape index (κ2) is 2.88. The van der Waals surface area contributed by atoms with Gasteiger partial charge in [0, 0.05) is 11.5 Å². The fourth-order valence-electron chi connectivity index (χ4n) is 1.23. The lowest BCUT2D eigenvalue weighted by Crippen LogP contribution is -2.10. The lowest BCUT2D eigenvalue weighted by molar-refractivity contribution is 0.454. The highest BCUT2D eigenvalue weighted by atomic mass is 79.9. The van der Waals surface area contributed by atoms with Gasteiger partial charge in [-0.1, -0.05) is 18.2 Å². The minimum Gasteiger partial charge on any atom is -0.493 e. The minimum absolute atomic E-state index is 0.0666. The average Bonchev–Trinajstić information content (AvgIpc) is 2.15. The number of benzene rings is 1. The first-order valence-electron chi connectivity index (χ1n) is 3.70. The van der Waals surface area contributed by atoms with E-state index < -0.39 is 0 Å². The second-order valence-corrected chi connectivity index (χ2v) is 3.38. The first kappa shape index (κ1) is 8.31. The number of aromatic hydroxyl groups is 1. The number of aromatic nitrogens is 1. The zero-order valence-electron chi connectivity index (χ0n) is 6.57. The van der Waals surface area contributed by atoms with E-state index in [1.165, 1.54) is 6.07 Å². The number of halogens is 1. The number of fused-ring (bicyclic) bond motifs is 1. The van der Waals surface area contributed by atoms with Crippen molar-refractivity contribution in [3.05, 3.63) is 40.7 Å². The molecule has 3 nitrogen and oxygen atoms in total. The minimum atomic E-state index is -0.281. The predicted octanol–water partition coefficient (Wildman–Crippen LogP) is 1.87. The zero-order chi connectivity index (χ0) is 9.42. The highest BCUT2D eigenvalue weighted by Crippen LogP contribution is 2.22. The number of hydrogen-bond acceptors (Lipinski definition) is 2. The Labute approximate surface area is 82.6 Å². The van der Waals surface area contributed by atoms with Crippen LogP contribution in [0.2, 0.25) is 0 Å². The summed E-state index contributed by atoms with van der Waals surface area (Å²) < 4.78 is 1.04. The van der Waals surface area contributed by atoms with Crippen LogP contribution in [0.25, 0.3) is 10.8 Å². The van der Waals surface area contributed by atoms with Crippen molar-refractivity contribution in [2.24, 2.45) is 0 Å². The van der Waals surface area contributed by atoms with Gasteiger partial charge in [-0.3, -0.25) is 4.79 Å². The molecule has 2 rings (SSSR count). The Hall–Kier alpha value is -1.29. The fourth-order valence-corrected chi connectivity index (χ4v) is 1.52. The van der Waals surface area contributed by atoms with Gasteiger partial charge in [0.25, 0.3) is 5.56 Å². The van der Waals surface area contributed by atoms with E-state index in [4.69, 9.17) is 0 Å². The average molecular weight is 240 g/mol. The summed E-state index contributed by atoms with van der Waals surface area (Å²) >= 11 is 2.95. The third kappa shape index (κ3) is 1.23. The molecule has 4 heteroatoms. The van der Waals surface area contributed by atoms with Gasteiger partial charge < -0.3 is 5.11 Å². The van der Waals surface area contributed by atoms with E-state index in [1.54, 1.807) is 18.2 Å². The summed E-state index contributed by atoms with van der Waals surface area (Å²) in [4.78, 5) is 11.2. The molecule has 0 bridgehead atoms. The number of pyridine rings is 1. The van der Waals surface area contributed by atoms with Crippen LogP contribution in [0, 0.1) is 0 Å². The van der Waals surface area contributed by atoms with Crippen LogP contribution in [0.4, 0.5) is 0 Å². The number of hydrogen-bond donors (Lipinski definition) is 1. The lowest BCUT2D eigenvalue weighted by Gasteiger charge is -2.02. The van der Waals surface area contributed by atoms with Crippen molar-refractivity contribution in [2.45, 2.75) is 0 Å². The van der Waals surface area contributed by atoms with Crippen LogP contribution in [0.1, 0.15) is 0 Å². The summed E-state index contributed by atoms with van der Waals surface area (Å²) in [5, 5.41) is 10.9. The predicted molar refractivity (Wildman–Crippen MR) is 54.2 cm³/mol. The molecular formula is C9H6BrNO2. The van der Waals surface area contributed by atoms with Crippen LogP contribution in [-0.2, 0) is 0 Å². The first-order valence-corrected chi connectivity index (χ1v) is 4.41. The normalized spacial score (nSPS) is 10.5. The monoisotopic (exact) mass is 239 g/mol. The molecule has 1 heterocycles. The van der Waals surface area contributed by atoms with Crippen LogP contribution < -0.4 is 5.56 Å². The lowest BCUT2D eigenvalue weighted by atomic mass is 10.2. The Kier molecular flexibility index (Phi) is 1.84. The van der Waals surface area contributed by atoms with E-state index in [1.807, 2.05) is 6.07 Å². The Balaban J connectivity index is 3.02. The van der Waals surface area contributed by atoms with Gasteiger partial charge in [0.05, 0.1) is 16.1 Å². The van der Waals surface area contributed by atoms with E-state index >= 15 is 0 Å². The highest BCUT2D eigenvalue weighted by Gasteiger charge is 2.04. The number of nitrogens with zero attached hydrogens (tertiary/aromatic N) is 1. The molecule has 0 aliphatic carbocycles. The maximum Gasteiger partial charge on any atom is 0.264 e. The van der Waals surface area contributed by atoms with Gasteiger partial charge in [-0.15, -0.1) is 0 Å². The number of rotatable bonds is 0. The summed E-state index contributed by atoms with van der Waals surface area (Å²) in [7, 11) is 0. The maximum absolute atomic E-state index is 11.2. The standard InChI is InChI=1S/C9H6BrNO2/c10-11-8(12)5-6-3-1-2-4-7(6)9(11)13/h1-5,13H. The Morgan fingerprint density at radius 1 is 1.31 bits per heavy atom. The van der Waals surface area contributed by atoms with Crippen LogP contribution in [0.5, 0.6) is 5.88 Å². The van der Waals surface area contributed by atoms with Gasteiger partial charge in [-0.2, -0.15) is 0 Å². The van der Waals surface area contributed by atoms with Gasteiger partial charge in [-0.05, 0) is 11.5 Å². The van der Waals surface area contributed by atoms with Gasteiger partial charge in [0.2, 0.25) is 5.88 Å². The van der Waals surface area contributed by atoms with Crippen molar-refractivity contribution in [3.8, 4) is 5.88 Å². The molecule has 0 saturated heterocycles. The summed E-state index contributed by atoms with van der Waals surface area (Å²) in [5.74, 6) is -0.0666. The van der Waals surface area contributed by atoms with Crippen LogP contribution in [0.15, 0.2) is 35.1 Å². The van der Waals surface area contributed by atoms with E-state index in [9.17, 15) is 9.90 Å². The summed E-state index contributed by atoms with van der Waals surface area (Å²) in [6, 6.07) is 8.62. The van der Waals surface area contributed by atoms with E-state index in [0.29, 0.717) is 5.39 Å². The van der Waals surface area contributed by atoms with Crippen LogP contribution in [0.3, 0.4) is 0 Å². The van der Waals surface area contributed by atoms with Gasteiger partial charge in [0.1, 0.15) is 0 Å². The first-order chi connectivity index (χ1) is 6.20. The molecule has 0 amide bonds. The van der Waals surface area contributed by atoms with E-state index in [2.05, 4.69) is 16.1 Å². The third-order valence-corrected chi connectivity index (χ3v) is 2.55. The molecule has 0 fully saturated rings. The largest absolute Gasteiger partial charge is 0.493 e. The molecule has 1 N–H and O–H groups in total. The van der Waals surface area contributed by atoms with Crippen molar-refractivity contribution in [2.75, 3.05) is 0 Å². The SMILES string of the molecule is O=c1cc2ccccc2c(O)n1Br. The van der Waals surface area contributed by atoms with Crippen molar-refractivity contribution in [1.29, 1.82) is 0 Å². The summed E-state index contributed by atoms with van der Waals surface area (Å²) in [6.45, 7) is 0. The molecule has 0 aliphatic heterocycles. The topological polar surface area (TPSA) is 42.2 Å².